The fraction of sp³-hybridized carbons (Fsp3) is 0.448. The number of amides is 1. The van der Waals surface area contributed by atoms with Crippen molar-refractivity contribution in [2.24, 2.45) is 0 Å². The smallest absolute Gasteiger partial charge is 0.254 e. The van der Waals surface area contributed by atoms with Gasteiger partial charge in [0.2, 0.25) is 0 Å². The number of likely N-dealkylation sites (tertiary alicyclic amines) is 1. The van der Waals surface area contributed by atoms with Crippen LogP contribution in [0.5, 0.6) is 5.75 Å². The second kappa shape index (κ2) is 10.7. The number of nitrogens with zero attached hydrogens (tertiary/aromatic N) is 4. The first kappa shape index (κ1) is 26.5. The number of piperidine rings is 1. The molecule has 6 rings (SSSR count). The van der Waals surface area contributed by atoms with E-state index in [1.54, 1.807) is 24.4 Å². The SMILES string of the molecule is COc1cc2ncc(C3=CN(c4cc(C(=O)NC5CC5)c(F)cc4C)NN3)n2cc1C1CCN(CC(C)O)CC1. The minimum absolute atomic E-state index is 0.0298. The van der Waals surface area contributed by atoms with Crippen molar-refractivity contribution in [3.8, 4) is 5.75 Å². The lowest BCUT2D eigenvalue weighted by molar-refractivity contribution is 0.0947. The average Bonchev–Trinajstić information content (AvgIpc) is 3.44. The summed E-state index contributed by atoms with van der Waals surface area (Å²) in [6.45, 7) is 6.19. The third kappa shape index (κ3) is 5.24. The standard InChI is InChI=1S/C29H36FN7O3/c1-17-10-23(30)21(29(39)32-20-4-5-20)11-25(17)37-16-24(33-34-37)26-13-31-28-12-27(40-3)22(15-36(26)28)19-6-8-35(9-7-19)14-18(2)38/h10-13,15-16,18-20,33-34,38H,4-9,14H2,1-3H3,(H,32,39). The number of aliphatic hydroxyl groups is 1. The predicted molar refractivity (Wildman–Crippen MR) is 150 cm³/mol. The lowest BCUT2D eigenvalue weighted by Crippen LogP contribution is -2.37. The summed E-state index contributed by atoms with van der Waals surface area (Å²) in [7, 11) is 1.69. The quantitative estimate of drug-likeness (QED) is 0.340. The van der Waals surface area contributed by atoms with Crippen LogP contribution in [0.2, 0.25) is 0 Å². The van der Waals surface area contributed by atoms with E-state index in [0.29, 0.717) is 23.7 Å². The molecule has 2 fully saturated rings. The number of rotatable bonds is 8. The Morgan fingerprint density at radius 2 is 2.02 bits per heavy atom. The highest BCUT2D eigenvalue weighted by atomic mass is 19.1. The van der Waals surface area contributed by atoms with Gasteiger partial charge in [-0.2, -0.15) is 0 Å². The fourth-order valence-electron chi connectivity index (χ4n) is 5.66. The van der Waals surface area contributed by atoms with Crippen molar-refractivity contribution >= 4 is 22.9 Å². The molecule has 11 heteroatoms. The molecule has 40 heavy (non-hydrogen) atoms. The molecule has 1 amide bonds. The van der Waals surface area contributed by atoms with Gasteiger partial charge in [-0.15, -0.1) is 5.53 Å². The molecule has 0 bridgehead atoms. The fourth-order valence-corrected chi connectivity index (χ4v) is 5.66. The number of pyridine rings is 1. The Morgan fingerprint density at radius 1 is 1.25 bits per heavy atom. The van der Waals surface area contributed by atoms with Crippen molar-refractivity contribution in [1.29, 1.82) is 0 Å². The van der Waals surface area contributed by atoms with E-state index in [-0.39, 0.29) is 17.7 Å². The second-order valence-corrected chi connectivity index (χ2v) is 11.1. The van der Waals surface area contributed by atoms with Gasteiger partial charge in [0.25, 0.3) is 5.91 Å². The topological polar surface area (TPSA) is 106 Å². The number of hydrogen-bond acceptors (Lipinski definition) is 8. The first-order chi connectivity index (χ1) is 19.3. The van der Waals surface area contributed by atoms with E-state index >= 15 is 0 Å². The monoisotopic (exact) mass is 549 g/mol. The number of carbonyl (C=O) groups is 1. The van der Waals surface area contributed by atoms with Gasteiger partial charge in [-0.25, -0.2) is 9.37 Å². The number of methoxy groups -OCH3 is 1. The molecule has 1 unspecified atom stereocenters. The predicted octanol–water partition coefficient (Wildman–Crippen LogP) is 3.07. The van der Waals surface area contributed by atoms with Crippen LogP contribution in [0.3, 0.4) is 0 Å². The molecule has 1 aromatic carbocycles. The number of hydrogen-bond donors (Lipinski definition) is 4. The summed E-state index contributed by atoms with van der Waals surface area (Å²) in [4.78, 5) is 19.5. The van der Waals surface area contributed by atoms with Crippen LogP contribution in [0.4, 0.5) is 10.1 Å². The van der Waals surface area contributed by atoms with Crippen molar-refractivity contribution in [3.05, 3.63) is 65.0 Å². The van der Waals surface area contributed by atoms with Gasteiger partial charge in [-0.1, -0.05) is 0 Å². The minimum Gasteiger partial charge on any atom is -0.496 e. The van der Waals surface area contributed by atoms with E-state index in [9.17, 15) is 14.3 Å². The molecule has 2 aliphatic heterocycles. The van der Waals surface area contributed by atoms with E-state index in [1.807, 2.05) is 26.1 Å². The zero-order valence-electron chi connectivity index (χ0n) is 23.1. The number of halogens is 1. The summed E-state index contributed by atoms with van der Waals surface area (Å²) in [5.74, 6) is 0.237. The first-order valence-electron chi connectivity index (χ1n) is 13.9. The number of hydrazine groups is 2. The molecule has 0 spiro atoms. The summed E-state index contributed by atoms with van der Waals surface area (Å²) < 4.78 is 22.5. The number of benzene rings is 1. The summed E-state index contributed by atoms with van der Waals surface area (Å²) in [5, 5.41) is 14.4. The number of ether oxygens (including phenoxy) is 1. The van der Waals surface area contributed by atoms with Crippen molar-refractivity contribution in [2.75, 3.05) is 31.8 Å². The summed E-state index contributed by atoms with van der Waals surface area (Å²) in [6, 6.07) is 5.09. The van der Waals surface area contributed by atoms with Crippen LogP contribution in [0, 0.1) is 12.7 Å². The normalized spacial score (nSPS) is 19.0. The molecular weight excluding hydrogens is 513 g/mol. The average molecular weight is 550 g/mol. The molecule has 1 saturated heterocycles. The van der Waals surface area contributed by atoms with Crippen molar-refractivity contribution in [3.63, 3.8) is 0 Å². The number of imidazole rings is 1. The maximum atomic E-state index is 14.7. The Kier molecular flexibility index (Phi) is 7.11. The van der Waals surface area contributed by atoms with Crippen LogP contribution in [-0.2, 0) is 0 Å². The highest BCUT2D eigenvalue weighted by molar-refractivity contribution is 5.96. The van der Waals surface area contributed by atoms with E-state index in [4.69, 9.17) is 4.74 Å². The second-order valence-electron chi connectivity index (χ2n) is 11.1. The number of fused-ring (bicyclic) bond motifs is 1. The summed E-state index contributed by atoms with van der Waals surface area (Å²) >= 11 is 0. The Morgan fingerprint density at radius 3 is 2.73 bits per heavy atom. The Hall–Kier alpha value is -3.67. The molecule has 1 atom stereocenters. The van der Waals surface area contributed by atoms with E-state index in [1.165, 1.54) is 6.07 Å². The molecule has 4 N–H and O–H groups in total. The lowest BCUT2D eigenvalue weighted by Gasteiger charge is -2.33. The third-order valence-electron chi connectivity index (χ3n) is 7.96. The number of anilines is 1. The maximum absolute atomic E-state index is 14.7. The number of aromatic nitrogens is 2. The van der Waals surface area contributed by atoms with Gasteiger partial charge in [0, 0.05) is 30.4 Å². The maximum Gasteiger partial charge on any atom is 0.254 e. The Balaban J connectivity index is 1.27. The van der Waals surface area contributed by atoms with Crippen LogP contribution in [0.15, 0.2) is 36.8 Å². The van der Waals surface area contributed by atoms with Gasteiger partial charge in [-0.05, 0) is 76.2 Å². The molecular formula is C29H36FN7O3. The Labute approximate surface area is 232 Å². The molecule has 212 valence electrons. The highest BCUT2D eigenvalue weighted by Gasteiger charge is 2.28. The van der Waals surface area contributed by atoms with Crippen LogP contribution < -0.4 is 26.0 Å². The molecule has 2 aromatic heterocycles. The minimum atomic E-state index is -0.532. The van der Waals surface area contributed by atoms with E-state index in [0.717, 1.165) is 67.1 Å². The van der Waals surface area contributed by atoms with Gasteiger partial charge in [0.05, 0.1) is 48.3 Å². The van der Waals surface area contributed by atoms with Gasteiger partial charge in [0.15, 0.2) is 0 Å². The number of aryl methyl sites for hydroxylation is 1. The molecule has 1 aliphatic carbocycles. The van der Waals surface area contributed by atoms with Gasteiger partial charge >= 0.3 is 0 Å². The molecule has 1 saturated carbocycles. The highest BCUT2D eigenvalue weighted by Crippen LogP contribution is 2.36. The van der Waals surface area contributed by atoms with Gasteiger partial charge < -0.3 is 20.1 Å². The Bertz CT molecular complexity index is 1460. The van der Waals surface area contributed by atoms with Crippen molar-refractivity contribution in [1.82, 2.24) is 30.6 Å². The van der Waals surface area contributed by atoms with Gasteiger partial charge in [-0.3, -0.25) is 19.6 Å². The number of aliphatic hydroxyl groups excluding tert-OH is 1. The molecule has 3 aromatic rings. The largest absolute Gasteiger partial charge is 0.496 e. The van der Waals surface area contributed by atoms with Crippen LogP contribution in [-0.4, -0.2) is 64.2 Å². The van der Waals surface area contributed by atoms with Crippen molar-refractivity contribution in [2.45, 2.75) is 57.6 Å². The zero-order valence-corrected chi connectivity index (χ0v) is 23.1. The number of nitrogens with one attached hydrogen (secondary N) is 3. The summed E-state index contributed by atoms with van der Waals surface area (Å²) in [5.41, 5.74) is 11.3. The van der Waals surface area contributed by atoms with Crippen LogP contribution in [0.25, 0.3) is 11.3 Å². The molecule has 4 heterocycles. The number of β-amino-alcohol motifs (C(OH)–C–C–N with tert-alkyl or cyclic N) is 1. The molecule has 10 nitrogen and oxygen atoms in total. The lowest BCUT2D eigenvalue weighted by atomic mass is 9.89. The van der Waals surface area contributed by atoms with E-state index in [2.05, 4.69) is 36.8 Å². The molecule has 0 radical (unpaired) electrons. The summed E-state index contributed by atoms with van der Waals surface area (Å²) in [6.07, 6.45) is 9.30. The first-order valence-corrected chi connectivity index (χ1v) is 13.9. The zero-order chi connectivity index (χ0) is 28.0. The van der Waals surface area contributed by atoms with Gasteiger partial charge in [0.1, 0.15) is 17.2 Å². The van der Waals surface area contributed by atoms with Crippen molar-refractivity contribution < 1.29 is 19.0 Å². The third-order valence-corrected chi connectivity index (χ3v) is 7.96. The molecule has 3 aliphatic rings. The van der Waals surface area contributed by atoms with Crippen LogP contribution in [0.1, 0.15) is 65.7 Å². The van der Waals surface area contributed by atoms with Crippen LogP contribution >= 0.6 is 0 Å². The van der Waals surface area contributed by atoms with E-state index < -0.39 is 11.7 Å². The number of carbonyl (C=O) groups excluding carboxylic acids is 1.